The molecule has 2 aromatic rings. The number of urea groups is 1. The van der Waals surface area contributed by atoms with Crippen LogP contribution >= 0.6 is 0 Å². The molecule has 1 heterocycles. The molecule has 1 atom stereocenters. The number of carbonyl (C=O) groups is 2. The maximum Gasteiger partial charge on any atom is 0.333 e. The van der Waals surface area contributed by atoms with E-state index < -0.39 is 6.04 Å². The van der Waals surface area contributed by atoms with Gasteiger partial charge in [0.2, 0.25) is 0 Å². The average Bonchev–Trinajstić information content (AvgIpc) is 3.49. The molecule has 0 unspecified atom stereocenters. The first kappa shape index (κ1) is 17.7. The number of rotatable bonds is 6. The molecule has 27 heavy (non-hydrogen) atoms. The zero-order chi connectivity index (χ0) is 19.0. The minimum atomic E-state index is -0.547. The van der Waals surface area contributed by atoms with Gasteiger partial charge in [0, 0.05) is 23.8 Å². The highest BCUT2D eigenvalue weighted by atomic mass is 19.1. The van der Waals surface area contributed by atoms with Crippen molar-refractivity contribution in [3.63, 3.8) is 0 Å². The van der Waals surface area contributed by atoms with Crippen LogP contribution in [0.25, 0.3) is 0 Å². The molecule has 1 saturated heterocycles. The number of nitrogens with zero attached hydrogens (tertiary/aromatic N) is 3. The third kappa shape index (κ3) is 3.45. The Balaban J connectivity index is 1.54. The molecule has 0 bridgehead atoms. The lowest BCUT2D eigenvalue weighted by atomic mass is 10.2. The monoisotopic (exact) mass is 367 g/mol. The van der Waals surface area contributed by atoms with Crippen molar-refractivity contribution in [2.45, 2.75) is 38.4 Å². The van der Waals surface area contributed by atoms with Crippen molar-refractivity contribution in [2.24, 2.45) is 0 Å². The highest BCUT2D eigenvalue weighted by Gasteiger charge is 2.45. The molecule has 2 aliphatic rings. The van der Waals surface area contributed by atoms with Crippen molar-refractivity contribution in [3.05, 3.63) is 66.0 Å². The topological polar surface area (TPSA) is 43.9 Å². The summed E-state index contributed by atoms with van der Waals surface area (Å²) in [5, 5.41) is 0. The molecule has 1 aliphatic heterocycles. The summed E-state index contributed by atoms with van der Waals surface area (Å²) in [6, 6.07) is 15.3. The first-order chi connectivity index (χ1) is 13.1. The summed E-state index contributed by atoms with van der Waals surface area (Å²) in [6.07, 6.45) is 2.01. The largest absolute Gasteiger partial charge is 0.333 e. The van der Waals surface area contributed by atoms with Crippen LogP contribution in [0.4, 0.5) is 14.9 Å². The summed E-state index contributed by atoms with van der Waals surface area (Å²) in [5.74, 6) is -0.482. The van der Waals surface area contributed by atoms with Gasteiger partial charge in [-0.15, -0.1) is 0 Å². The van der Waals surface area contributed by atoms with E-state index in [1.54, 1.807) is 25.1 Å². The van der Waals surface area contributed by atoms with E-state index in [1.165, 1.54) is 15.9 Å². The molecule has 0 radical (unpaired) electrons. The third-order valence-electron chi connectivity index (χ3n) is 5.20. The van der Waals surface area contributed by atoms with Crippen LogP contribution in [-0.4, -0.2) is 40.5 Å². The van der Waals surface area contributed by atoms with Crippen molar-refractivity contribution < 1.29 is 14.0 Å². The molecule has 140 valence electrons. The van der Waals surface area contributed by atoms with Crippen LogP contribution in [0, 0.1) is 5.82 Å². The summed E-state index contributed by atoms with van der Waals surface area (Å²) in [7, 11) is 0. The fourth-order valence-corrected chi connectivity index (χ4v) is 3.54. The van der Waals surface area contributed by atoms with Gasteiger partial charge in [-0.25, -0.2) is 14.1 Å². The van der Waals surface area contributed by atoms with Gasteiger partial charge in [-0.2, -0.15) is 0 Å². The normalized spacial score (nSPS) is 20.0. The van der Waals surface area contributed by atoms with Crippen LogP contribution in [-0.2, 0) is 11.3 Å². The predicted octanol–water partition coefficient (Wildman–Crippen LogP) is 3.60. The van der Waals surface area contributed by atoms with E-state index in [-0.39, 0.29) is 30.5 Å². The van der Waals surface area contributed by atoms with Crippen molar-refractivity contribution in [2.75, 3.05) is 11.6 Å². The second-order valence-electron chi connectivity index (χ2n) is 7.14. The molecule has 2 aromatic carbocycles. The van der Waals surface area contributed by atoms with Crippen LogP contribution in [0.5, 0.6) is 0 Å². The van der Waals surface area contributed by atoms with Crippen molar-refractivity contribution in [3.8, 4) is 0 Å². The van der Waals surface area contributed by atoms with E-state index in [0.717, 1.165) is 12.8 Å². The number of para-hydroxylation sites is 1. The molecule has 1 aliphatic carbocycles. The minimum absolute atomic E-state index is 0.185. The lowest BCUT2D eigenvalue weighted by Crippen LogP contribution is -2.43. The van der Waals surface area contributed by atoms with Gasteiger partial charge in [0.25, 0.3) is 5.91 Å². The minimum Gasteiger partial charge on any atom is -0.282 e. The molecule has 4 rings (SSSR count). The summed E-state index contributed by atoms with van der Waals surface area (Å²) in [4.78, 5) is 30.6. The van der Waals surface area contributed by atoms with Crippen molar-refractivity contribution >= 4 is 17.6 Å². The SMILES string of the molecule is C[C@@H]1C(=O)N(CN(Cc2ccccc2F)C2CC2)C(=O)N1c1ccccc1. The number of halogens is 1. The molecule has 1 saturated carbocycles. The first-order valence-corrected chi connectivity index (χ1v) is 9.23. The van der Waals surface area contributed by atoms with Gasteiger partial charge < -0.3 is 0 Å². The van der Waals surface area contributed by atoms with Crippen LogP contribution in [0.3, 0.4) is 0 Å². The zero-order valence-corrected chi connectivity index (χ0v) is 15.2. The first-order valence-electron chi connectivity index (χ1n) is 9.23. The summed E-state index contributed by atoms with van der Waals surface area (Å²) < 4.78 is 14.1. The van der Waals surface area contributed by atoms with Gasteiger partial charge in [0.15, 0.2) is 0 Å². The number of amides is 3. The van der Waals surface area contributed by atoms with E-state index in [0.29, 0.717) is 17.8 Å². The molecule has 0 spiro atoms. The van der Waals surface area contributed by atoms with Gasteiger partial charge in [-0.1, -0.05) is 36.4 Å². The van der Waals surface area contributed by atoms with Gasteiger partial charge in [-0.3, -0.25) is 14.6 Å². The van der Waals surface area contributed by atoms with Gasteiger partial charge in [0.05, 0.1) is 6.67 Å². The maximum absolute atomic E-state index is 14.1. The number of imide groups is 1. The molecule has 3 amide bonds. The Labute approximate surface area is 158 Å². The highest BCUT2D eigenvalue weighted by molar-refractivity contribution is 6.14. The van der Waals surface area contributed by atoms with E-state index in [9.17, 15) is 14.0 Å². The quantitative estimate of drug-likeness (QED) is 0.733. The molecule has 2 fully saturated rings. The van der Waals surface area contributed by atoms with E-state index >= 15 is 0 Å². The summed E-state index contributed by atoms with van der Waals surface area (Å²) >= 11 is 0. The second-order valence-corrected chi connectivity index (χ2v) is 7.14. The number of hydrogen-bond donors (Lipinski definition) is 0. The van der Waals surface area contributed by atoms with Crippen LogP contribution < -0.4 is 4.90 Å². The van der Waals surface area contributed by atoms with Crippen LogP contribution in [0.1, 0.15) is 25.3 Å². The van der Waals surface area contributed by atoms with Crippen molar-refractivity contribution in [1.29, 1.82) is 0 Å². The average molecular weight is 367 g/mol. The molecule has 0 aromatic heterocycles. The predicted molar refractivity (Wildman–Crippen MR) is 100 cm³/mol. The standard InChI is InChI=1S/C21H22FN3O2/c1-15-20(26)24(21(27)25(15)18-8-3-2-4-9-18)14-23(17-11-12-17)13-16-7-5-6-10-19(16)22/h2-10,15,17H,11-14H2,1H3/t15-/m1/s1. The Morgan fingerprint density at radius 3 is 2.37 bits per heavy atom. The number of carbonyl (C=O) groups excluding carboxylic acids is 2. The molecule has 5 nitrogen and oxygen atoms in total. The fraction of sp³-hybridized carbons (Fsp3) is 0.333. The van der Waals surface area contributed by atoms with E-state index in [1.807, 2.05) is 35.2 Å². The van der Waals surface area contributed by atoms with Crippen LogP contribution in [0.2, 0.25) is 0 Å². The van der Waals surface area contributed by atoms with Crippen LogP contribution in [0.15, 0.2) is 54.6 Å². The van der Waals surface area contributed by atoms with Crippen molar-refractivity contribution in [1.82, 2.24) is 9.80 Å². The lowest BCUT2D eigenvalue weighted by Gasteiger charge is -2.27. The number of benzene rings is 2. The van der Waals surface area contributed by atoms with E-state index in [4.69, 9.17) is 0 Å². The second kappa shape index (κ2) is 7.12. The summed E-state index contributed by atoms with van der Waals surface area (Å²) in [5.41, 5.74) is 1.29. The molecular formula is C21H22FN3O2. The molecular weight excluding hydrogens is 345 g/mol. The molecule has 6 heteroatoms. The highest BCUT2D eigenvalue weighted by Crippen LogP contribution is 2.31. The Kier molecular flexibility index (Phi) is 4.66. The van der Waals surface area contributed by atoms with E-state index in [2.05, 4.69) is 0 Å². The Morgan fingerprint density at radius 1 is 1.04 bits per heavy atom. The summed E-state index contributed by atoms with van der Waals surface area (Å²) in [6.45, 7) is 2.31. The Morgan fingerprint density at radius 2 is 1.70 bits per heavy atom. The smallest absolute Gasteiger partial charge is 0.282 e. The fourth-order valence-electron chi connectivity index (χ4n) is 3.54. The maximum atomic E-state index is 14.1. The lowest BCUT2D eigenvalue weighted by molar-refractivity contribution is -0.128. The number of anilines is 1. The number of hydrogen-bond acceptors (Lipinski definition) is 3. The van der Waals surface area contributed by atoms with Gasteiger partial charge in [0.1, 0.15) is 11.9 Å². The Bertz CT molecular complexity index is 854. The van der Waals surface area contributed by atoms with Gasteiger partial charge in [-0.05, 0) is 38.0 Å². The Hall–Kier alpha value is -2.73. The molecule has 0 N–H and O–H groups in total. The third-order valence-corrected chi connectivity index (χ3v) is 5.20. The van der Waals surface area contributed by atoms with Gasteiger partial charge >= 0.3 is 6.03 Å². The zero-order valence-electron chi connectivity index (χ0n) is 15.2.